The van der Waals surface area contributed by atoms with Gasteiger partial charge in [-0.25, -0.2) is 4.39 Å². The van der Waals surface area contributed by atoms with Crippen molar-refractivity contribution in [1.29, 1.82) is 0 Å². The molecule has 0 aliphatic carbocycles. The van der Waals surface area contributed by atoms with Crippen LogP contribution in [-0.4, -0.2) is 19.0 Å². The third-order valence-corrected chi connectivity index (χ3v) is 3.44. The monoisotopic (exact) mass is 264 g/mol. The molecule has 3 nitrogen and oxygen atoms in total. The van der Waals surface area contributed by atoms with Crippen LogP contribution in [0, 0.1) is 11.7 Å². The highest BCUT2D eigenvalue weighted by Crippen LogP contribution is 2.29. The molecular formula is C15H21FN2O. The number of nitrogens with zero attached hydrogens (tertiary/aromatic N) is 1. The first-order chi connectivity index (χ1) is 9.08. The van der Waals surface area contributed by atoms with Gasteiger partial charge >= 0.3 is 0 Å². The fourth-order valence-corrected chi connectivity index (χ4v) is 2.30. The number of hydrogen-bond acceptors (Lipinski definition) is 2. The Balaban J connectivity index is 2.24. The lowest BCUT2D eigenvalue weighted by molar-refractivity contribution is -0.118. The number of halogens is 1. The molecule has 1 aromatic carbocycles. The minimum Gasteiger partial charge on any atom is -0.370 e. The predicted octanol–water partition coefficient (Wildman–Crippen LogP) is 3.41. The molecule has 0 unspecified atom stereocenters. The second-order valence-corrected chi connectivity index (χ2v) is 5.35. The first kappa shape index (κ1) is 13.8. The second kappa shape index (κ2) is 6.04. The van der Waals surface area contributed by atoms with E-state index in [0.29, 0.717) is 5.69 Å². The summed E-state index contributed by atoms with van der Waals surface area (Å²) in [6.45, 7) is 5.59. The first-order valence-electron chi connectivity index (χ1n) is 6.93. The summed E-state index contributed by atoms with van der Waals surface area (Å²) in [5, 5.41) is 2.83. The molecule has 0 atom stereocenters. The fraction of sp³-hybridized carbons (Fsp3) is 0.533. The Labute approximate surface area is 113 Å². The van der Waals surface area contributed by atoms with Crippen molar-refractivity contribution in [2.45, 2.75) is 33.1 Å². The zero-order chi connectivity index (χ0) is 13.8. The van der Waals surface area contributed by atoms with Gasteiger partial charge in [-0.3, -0.25) is 4.79 Å². The summed E-state index contributed by atoms with van der Waals surface area (Å²) in [7, 11) is 0. The Morgan fingerprint density at radius 2 is 1.95 bits per heavy atom. The molecule has 0 aromatic heterocycles. The average molecular weight is 264 g/mol. The molecule has 1 aromatic rings. The summed E-state index contributed by atoms with van der Waals surface area (Å²) in [6, 6.07) is 4.62. The molecule has 19 heavy (non-hydrogen) atoms. The van der Waals surface area contributed by atoms with Gasteiger partial charge in [-0.2, -0.15) is 0 Å². The normalized spacial score (nSPS) is 15.7. The fourth-order valence-electron chi connectivity index (χ4n) is 2.30. The van der Waals surface area contributed by atoms with Crippen LogP contribution in [0.4, 0.5) is 15.8 Å². The largest absolute Gasteiger partial charge is 0.370 e. The van der Waals surface area contributed by atoms with Crippen molar-refractivity contribution >= 4 is 17.3 Å². The van der Waals surface area contributed by atoms with E-state index in [9.17, 15) is 9.18 Å². The van der Waals surface area contributed by atoms with Crippen molar-refractivity contribution in [2.75, 3.05) is 23.3 Å². The van der Waals surface area contributed by atoms with E-state index in [2.05, 4.69) is 10.2 Å². The minimum atomic E-state index is -0.320. The molecule has 0 saturated carbocycles. The van der Waals surface area contributed by atoms with Crippen molar-refractivity contribution in [2.24, 2.45) is 5.92 Å². The quantitative estimate of drug-likeness (QED) is 0.907. The molecule has 1 aliphatic rings. The second-order valence-electron chi connectivity index (χ2n) is 5.35. The van der Waals surface area contributed by atoms with Gasteiger partial charge in [-0.1, -0.05) is 13.8 Å². The van der Waals surface area contributed by atoms with Crippen molar-refractivity contribution in [1.82, 2.24) is 0 Å². The predicted molar refractivity (Wildman–Crippen MR) is 75.9 cm³/mol. The van der Waals surface area contributed by atoms with Crippen LogP contribution in [0.3, 0.4) is 0 Å². The number of carbonyl (C=O) groups excluding carboxylic acids is 1. The topological polar surface area (TPSA) is 32.3 Å². The highest BCUT2D eigenvalue weighted by Gasteiger charge is 2.17. The summed E-state index contributed by atoms with van der Waals surface area (Å²) in [5.74, 6) is -0.513. The lowest BCUT2D eigenvalue weighted by atomic mass is 10.1. The molecule has 1 heterocycles. The number of anilines is 2. The number of nitrogens with one attached hydrogen (secondary N) is 1. The number of benzene rings is 1. The zero-order valence-corrected chi connectivity index (χ0v) is 11.6. The van der Waals surface area contributed by atoms with E-state index in [0.717, 1.165) is 31.6 Å². The molecular weight excluding hydrogens is 243 g/mol. The van der Waals surface area contributed by atoms with Crippen LogP contribution in [0.1, 0.15) is 33.1 Å². The van der Waals surface area contributed by atoms with Gasteiger partial charge < -0.3 is 10.2 Å². The van der Waals surface area contributed by atoms with Gasteiger partial charge in [0.25, 0.3) is 0 Å². The van der Waals surface area contributed by atoms with E-state index < -0.39 is 0 Å². The van der Waals surface area contributed by atoms with Gasteiger partial charge in [0, 0.05) is 19.0 Å². The maximum Gasteiger partial charge on any atom is 0.226 e. The van der Waals surface area contributed by atoms with E-state index in [1.165, 1.54) is 18.6 Å². The van der Waals surface area contributed by atoms with Gasteiger partial charge in [0.15, 0.2) is 0 Å². The number of piperidine rings is 1. The molecule has 1 fully saturated rings. The molecule has 1 N–H and O–H groups in total. The van der Waals surface area contributed by atoms with Gasteiger partial charge in [-0.05, 0) is 37.5 Å². The minimum absolute atomic E-state index is 0.0798. The van der Waals surface area contributed by atoms with Crippen LogP contribution < -0.4 is 10.2 Å². The standard InChI is InChI=1S/C15H21FN2O/c1-11(2)15(19)17-13-10-12(16)6-7-14(13)18-8-4-3-5-9-18/h6-7,10-11H,3-5,8-9H2,1-2H3,(H,17,19). The number of carbonyl (C=O) groups is 1. The lowest BCUT2D eigenvalue weighted by Crippen LogP contribution is -2.30. The van der Waals surface area contributed by atoms with Crippen molar-refractivity contribution in [3.63, 3.8) is 0 Å². The van der Waals surface area contributed by atoms with Crippen LogP contribution in [0.25, 0.3) is 0 Å². The summed E-state index contributed by atoms with van der Waals surface area (Å²) >= 11 is 0. The maximum absolute atomic E-state index is 13.4. The first-order valence-corrected chi connectivity index (χ1v) is 6.93. The van der Waals surface area contributed by atoms with E-state index in [1.54, 1.807) is 6.07 Å². The Bertz CT molecular complexity index is 453. The van der Waals surface area contributed by atoms with Crippen molar-refractivity contribution in [3.8, 4) is 0 Å². The molecule has 0 bridgehead atoms. The highest BCUT2D eigenvalue weighted by atomic mass is 19.1. The van der Waals surface area contributed by atoms with Crippen LogP contribution in [-0.2, 0) is 4.79 Å². The summed E-state index contributed by atoms with van der Waals surface area (Å²) in [6.07, 6.45) is 3.54. The van der Waals surface area contributed by atoms with Crippen molar-refractivity contribution < 1.29 is 9.18 Å². The Morgan fingerprint density at radius 3 is 2.58 bits per heavy atom. The molecule has 1 saturated heterocycles. The van der Waals surface area contributed by atoms with Gasteiger partial charge in [-0.15, -0.1) is 0 Å². The Morgan fingerprint density at radius 1 is 1.26 bits per heavy atom. The van der Waals surface area contributed by atoms with E-state index in [1.807, 2.05) is 13.8 Å². The molecule has 2 rings (SSSR count). The molecule has 4 heteroatoms. The zero-order valence-electron chi connectivity index (χ0n) is 11.6. The summed E-state index contributed by atoms with van der Waals surface area (Å²) < 4.78 is 13.4. The SMILES string of the molecule is CC(C)C(=O)Nc1cc(F)ccc1N1CCCCC1. The van der Waals surface area contributed by atoms with Crippen LogP contribution >= 0.6 is 0 Å². The van der Waals surface area contributed by atoms with E-state index >= 15 is 0 Å². The van der Waals surface area contributed by atoms with E-state index in [-0.39, 0.29) is 17.6 Å². The Hall–Kier alpha value is -1.58. The van der Waals surface area contributed by atoms with Crippen LogP contribution in [0.2, 0.25) is 0 Å². The Kier molecular flexibility index (Phi) is 4.40. The van der Waals surface area contributed by atoms with Gasteiger partial charge in [0.1, 0.15) is 5.82 Å². The smallest absolute Gasteiger partial charge is 0.226 e. The number of hydrogen-bond donors (Lipinski definition) is 1. The molecule has 104 valence electrons. The van der Waals surface area contributed by atoms with Crippen LogP contribution in [0.15, 0.2) is 18.2 Å². The number of rotatable bonds is 3. The maximum atomic E-state index is 13.4. The number of amides is 1. The van der Waals surface area contributed by atoms with Crippen molar-refractivity contribution in [3.05, 3.63) is 24.0 Å². The third-order valence-electron chi connectivity index (χ3n) is 3.44. The average Bonchev–Trinajstić information content (AvgIpc) is 2.39. The molecule has 1 aliphatic heterocycles. The molecule has 0 radical (unpaired) electrons. The van der Waals surface area contributed by atoms with Gasteiger partial charge in [0.2, 0.25) is 5.91 Å². The van der Waals surface area contributed by atoms with Gasteiger partial charge in [0.05, 0.1) is 11.4 Å². The highest BCUT2D eigenvalue weighted by molar-refractivity contribution is 5.95. The van der Waals surface area contributed by atoms with E-state index in [4.69, 9.17) is 0 Å². The lowest BCUT2D eigenvalue weighted by Gasteiger charge is -2.30. The third kappa shape index (κ3) is 3.46. The molecule has 1 amide bonds. The summed E-state index contributed by atoms with van der Waals surface area (Å²) in [5.41, 5.74) is 1.51. The molecule has 0 spiro atoms. The van der Waals surface area contributed by atoms with Crippen LogP contribution in [0.5, 0.6) is 0 Å². The summed E-state index contributed by atoms with van der Waals surface area (Å²) in [4.78, 5) is 14.0.